The molecule has 0 radical (unpaired) electrons. The lowest BCUT2D eigenvalue weighted by Crippen LogP contribution is -1.95. The summed E-state index contributed by atoms with van der Waals surface area (Å²) in [5.41, 5.74) is 1.78. The predicted molar refractivity (Wildman–Crippen MR) is 77.0 cm³/mol. The van der Waals surface area contributed by atoms with Crippen molar-refractivity contribution in [3.05, 3.63) is 44.3 Å². The lowest BCUT2D eigenvalue weighted by Gasteiger charge is -2.04. The smallest absolute Gasteiger partial charge is 0.282 e. The number of anilines is 2. The minimum absolute atomic E-state index is 0.116. The Morgan fingerprint density at radius 1 is 1.50 bits per heavy atom. The van der Waals surface area contributed by atoms with Gasteiger partial charge in [-0.15, -0.1) is 0 Å². The first-order valence-corrected chi connectivity index (χ1v) is 6.41. The number of rotatable bonds is 4. The number of nitro groups is 1. The summed E-state index contributed by atoms with van der Waals surface area (Å²) in [5, 5.41) is 18.0. The third-order valence-corrected chi connectivity index (χ3v) is 3.25. The molecule has 1 N–H and O–H groups in total. The molecule has 0 saturated carbocycles. The summed E-state index contributed by atoms with van der Waals surface area (Å²) >= 11 is 1.95. The second-order valence-electron chi connectivity index (χ2n) is 3.63. The third-order valence-electron chi connectivity index (χ3n) is 2.39. The highest BCUT2D eigenvalue weighted by Gasteiger charge is 2.11. The van der Waals surface area contributed by atoms with E-state index < -0.39 is 0 Å². The Morgan fingerprint density at radius 3 is 2.83 bits per heavy atom. The van der Waals surface area contributed by atoms with Gasteiger partial charge in [-0.05, 0) is 41.6 Å². The van der Waals surface area contributed by atoms with Gasteiger partial charge in [-0.3, -0.25) is 14.8 Å². The molecule has 0 unspecified atom stereocenters. The van der Waals surface area contributed by atoms with E-state index in [0.717, 1.165) is 17.9 Å². The van der Waals surface area contributed by atoms with Gasteiger partial charge in [-0.25, -0.2) is 0 Å². The summed E-state index contributed by atoms with van der Waals surface area (Å²) in [6, 6.07) is 4.92. The first-order chi connectivity index (χ1) is 8.60. The molecule has 18 heavy (non-hydrogen) atoms. The monoisotopic (exact) mass is 358 g/mol. The topological polar surface area (TPSA) is 73.0 Å². The van der Waals surface area contributed by atoms with E-state index in [1.807, 2.05) is 35.7 Å². The normalized spacial score (nSPS) is 10.3. The van der Waals surface area contributed by atoms with Crippen LogP contribution in [0.25, 0.3) is 0 Å². The lowest BCUT2D eigenvalue weighted by molar-refractivity contribution is -0.385. The van der Waals surface area contributed by atoms with Gasteiger partial charge in [0.05, 0.1) is 20.4 Å². The van der Waals surface area contributed by atoms with E-state index in [-0.39, 0.29) is 10.6 Å². The van der Waals surface area contributed by atoms with Crippen molar-refractivity contribution in [1.29, 1.82) is 0 Å². The summed E-state index contributed by atoms with van der Waals surface area (Å²) in [6.45, 7) is 2.81. The number of aromatic nitrogens is 2. The van der Waals surface area contributed by atoms with Crippen LogP contribution in [0.15, 0.2) is 30.6 Å². The van der Waals surface area contributed by atoms with Crippen molar-refractivity contribution in [2.24, 2.45) is 0 Å². The van der Waals surface area contributed by atoms with Crippen molar-refractivity contribution in [2.75, 3.05) is 5.32 Å². The van der Waals surface area contributed by atoms with Crippen LogP contribution in [0.1, 0.15) is 6.92 Å². The second kappa shape index (κ2) is 5.34. The van der Waals surface area contributed by atoms with Crippen LogP contribution < -0.4 is 5.32 Å². The fraction of sp³-hybridized carbons (Fsp3) is 0.182. The summed E-state index contributed by atoms with van der Waals surface area (Å²) in [7, 11) is 0. The third kappa shape index (κ3) is 2.78. The molecule has 94 valence electrons. The maximum absolute atomic E-state index is 10.7. The molecule has 1 aromatic carbocycles. The zero-order valence-corrected chi connectivity index (χ0v) is 11.8. The van der Waals surface area contributed by atoms with Gasteiger partial charge in [-0.1, -0.05) is 0 Å². The molecule has 7 heteroatoms. The van der Waals surface area contributed by atoms with Crippen LogP contribution in [-0.2, 0) is 6.54 Å². The Morgan fingerprint density at radius 2 is 2.28 bits per heavy atom. The van der Waals surface area contributed by atoms with E-state index >= 15 is 0 Å². The maximum Gasteiger partial charge on any atom is 0.282 e. The molecular weight excluding hydrogens is 347 g/mol. The average Bonchev–Trinajstić information content (AvgIpc) is 2.76. The van der Waals surface area contributed by atoms with Gasteiger partial charge in [-0.2, -0.15) is 5.10 Å². The fourth-order valence-electron chi connectivity index (χ4n) is 1.50. The summed E-state index contributed by atoms with van der Waals surface area (Å²) in [4.78, 5) is 10.3. The van der Waals surface area contributed by atoms with Crippen LogP contribution in [0.4, 0.5) is 17.1 Å². The Balaban J connectivity index is 2.19. The van der Waals surface area contributed by atoms with Crippen molar-refractivity contribution < 1.29 is 4.92 Å². The van der Waals surface area contributed by atoms with Gasteiger partial charge in [0.15, 0.2) is 0 Å². The molecule has 0 atom stereocenters. The minimum Gasteiger partial charge on any atom is -0.353 e. The first kappa shape index (κ1) is 12.8. The van der Waals surface area contributed by atoms with Gasteiger partial charge in [0.2, 0.25) is 0 Å². The van der Waals surface area contributed by atoms with Gasteiger partial charge < -0.3 is 5.32 Å². The molecule has 0 bridgehead atoms. The van der Waals surface area contributed by atoms with Crippen LogP contribution in [0.2, 0.25) is 0 Å². The van der Waals surface area contributed by atoms with E-state index in [1.54, 1.807) is 23.0 Å². The SMILES string of the molecule is CCn1cc(Nc2ccc([N+](=O)[O-])c(I)c2)cn1. The van der Waals surface area contributed by atoms with Crippen LogP contribution in [0.3, 0.4) is 0 Å². The number of halogens is 1. The van der Waals surface area contributed by atoms with Gasteiger partial charge in [0.25, 0.3) is 5.69 Å². The van der Waals surface area contributed by atoms with Gasteiger partial charge >= 0.3 is 0 Å². The van der Waals surface area contributed by atoms with Crippen LogP contribution in [0, 0.1) is 13.7 Å². The molecule has 2 aromatic rings. The molecule has 1 heterocycles. The standard InChI is InChI=1S/C11H11IN4O2/c1-2-15-7-9(6-13-15)14-8-3-4-11(16(17)18)10(12)5-8/h3-7,14H,2H2,1H3. The fourth-order valence-corrected chi connectivity index (χ4v) is 2.21. The number of nitrogens with zero attached hydrogens (tertiary/aromatic N) is 3. The molecule has 0 aliphatic carbocycles. The summed E-state index contributed by atoms with van der Waals surface area (Å²) < 4.78 is 2.41. The molecule has 0 spiro atoms. The maximum atomic E-state index is 10.7. The summed E-state index contributed by atoms with van der Waals surface area (Å²) in [6.07, 6.45) is 3.60. The molecule has 0 aliphatic heterocycles. The van der Waals surface area contributed by atoms with Crippen molar-refractivity contribution in [3.8, 4) is 0 Å². The number of hydrogen-bond acceptors (Lipinski definition) is 4. The molecule has 0 fully saturated rings. The molecule has 2 rings (SSSR count). The van der Waals surface area contributed by atoms with Crippen LogP contribution in [-0.4, -0.2) is 14.7 Å². The number of hydrogen-bond donors (Lipinski definition) is 1. The molecular formula is C11H11IN4O2. The van der Waals surface area contributed by atoms with Crippen LogP contribution >= 0.6 is 22.6 Å². The van der Waals surface area contributed by atoms with Crippen molar-refractivity contribution in [2.45, 2.75) is 13.5 Å². The van der Waals surface area contributed by atoms with E-state index in [1.165, 1.54) is 6.07 Å². The van der Waals surface area contributed by atoms with Crippen molar-refractivity contribution >= 4 is 39.7 Å². The van der Waals surface area contributed by atoms with Crippen molar-refractivity contribution in [3.63, 3.8) is 0 Å². The number of nitro benzene ring substituents is 1. The highest BCUT2D eigenvalue weighted by molar-refractivity contribution is 14.1. The quantitative estimate of drug-likeness (QED) is 0.518. The molecule has 0 aliphatic rings. The Hall–Kier alpha value is -1.64. The first-order valence-electron chi connectivity index (χ1n) is 5.33. The number of aryl methyl sites for hydroxylation is 1. The Labute approximate surface area is 117 Å². The Kier molecular flexibility index (Phi) is 3.80. The number of nitrogens with one attached hydrogen (secondary N) is 1. The molecule has 0 amide bonds. The molecule has 1 aromatic heterocycles. The highest BCUT2D eigenvalue weighted by atomic mass is 127. The van der Waals surface area contributed by atoms with Crippen LogP contribution in [0.5, 0.6) is 0 Å². The average molecular weight is 358 g/mol. The lowest BCUT2D eigenvalue weighted by atomic mass is 10.3. The highest BCUT2D eigenvalue weighted by Crippen LogP contribution is 2.25. The summed E-state index contributed by atoms with van der Waals surface area (Å²) in [5.74, 6) is 0. The van der Waals surface area contributed by atoms with E-state index in [9.17, 15) is 10.1 Å². The number of benzene rings is 1. The predicted octanol–water partition coefficient (Wildman–Crippen LogP) is 3.16. The van der Waals surface area contributed by atoms with Crippen molar-refractivity contribution in [1.82, 2.24) is 9.78 Å². The minimum atomic E-state index is -0.388. The van der Waals surface area contributed by atoms with E-state index in [0.29, 0.717) is 3.57 Å². The van der Waals surface area contributed by atoms with Gasteiger partial charge in [0, 0.05) is 24.5 Å². The zero-order chi connectivity index (χ0) is 13.1. The largest absolute Gasteiger partial charge is 0.353 e. The second-order valence-corrected chi connectivity index (χ2v) is 4.80. The molecule has 6 nitrogen and oxygen atoms in total. The zero-order valence-electron chi connectivity index (χ0n) is 9.63. The van der Waals surface area contributed by atoms with E-state index in [2.05, 4.69) is 10.4 Å². The van der Waals surface area contributed by atoms with E-state index in [4.69, 9.17) is 0 Å². The van der Waals surface area contributed by atoms with Gasteiger partial charge in [0.1, 0.15) is 0 Å². The Bertz CT molecular complexity index is 582. The molecule has 0 saturated heterocycles.